The summed E-state index contributed by atoms with van der Waals surface area (Å²) in [7, 11) is 2.88. The predicted molar refractivity (Wildman–Crippen MR) is 131 cm³/mol. The monoisotopic (exact) mass is 482 g/mol. The van der Waals surface area contributed by atoms with Gasteiger partial charge in [0.2, 0.25) is 5.91 Å². The number of rotatable bonds is 7. The van der Waals surface area contributed by atoms with Crippen molar-refractivity contribution in [1.29, 1.82) is 0 Å². The number of H-pyrrole nitrogens is 1. The maximum atomic E-state index is 13.1. The topological polar surface area (TPSA) is 80.9 Å². The summed E-state index contributed by atoms with van der Waals surface area (Å²) in [6, 6.07) is 11.9. The minimum Gasteiger partial charge on any atom is -0.493 e. The SMILES string of the molecule is C=C(C)COc1ccc([C@H]2c3[nH]c4ccccc4c3C[C@@H](C(=O)OC)N2C(=O)CCl)cc1OC. The molecule has 8 heteroatoms. The van der Waals surface area contributed by atoms with Crippen molar-refractivity contribution in [3.8, 4) is 11.5 Å². The van der Waals surface area contributed by atoms with Crippen molar-refractivity contribution in [2.24, 2.45) is 0 Å². The largest absolute Gasteiger partial charge is 0.493 e. The molecule has 1 amide bonds. The number of ether oxygens (including phenoxy) is 3. The van der Waals surface area contributed by atoms with Crippen LogP contribution in [0, 0.1) is 0 Å². The van der Waals surface area contributed by atoms with Crippen LogP contribution < -0.4 is 9.47 Å². The van der Waals surface area contributed by atoms with E-state index in [1.165, 1.54) is 12.0 Å². The number of nitrogens with one attached hydrogen (secondary N) is 1. The number of alkyl halides is 1. The van der Waals surface area contributed by atoms with Gasteiger partial charge in [0.25, 0.3) is 0 Å². The Morgan fingerprint density at radius 3 is 2.62 bits per heavy atom. The van der Waals surface area contributed by atoms with E-state index >= 15 is 0 Å². The van der Waals surface area contributed by atoms with Crippen LogP contribution in [-0.2, 0) is 20.7 Å². The average molecular weight is 483 g/mol. The van der Waals surface area contributed by atoms with E-state index < -0.39 is 18.1 Å². The molecule has 4 rings (SSSR count). The maximum absolute atomic E-state index is 13.1. The minimum atomic E-state index is -0.821. The van der Waals surface area contributed by atoms with E-state index in [2.05, 4.69) is 11.6 Å². The molecular weight excluding hydrogens is 456 g/mol. The first-order valence-corrected chi connectivity index (χ1v) is 11.4. The summed E-state index contributed by atoms with van der Waals surface area (Å²) in [5, 5.41) is 1.00. The van der Waals surface area contributed by atoms with Gasteiger partial charge in [-0.15, -0.1) is 11.6 Å². The molecule has 0 unspecified atom stereocenters. The Morgan fingerprint density at radius 2 is 1.94 bits per heavy atom. The minimum absolute atomic E-state index is 0.267. The Bertz CT molecular complexity index is 1250. The number of aromatic amines is 1. The second-order valence-electron chi connectivity index (χ2n) is 8.30. The molecule has 2 heterocycles. The van der Waals surface area contributed by atoms with Crippen LogP contribution in [0.1, 0.15) is 29.8 Å². The van der Waals surface area contributed by atoms with Crippen LogP contribution in [0.3, 0.4) is 0 Å². The van der Waals surface area contributed by atoms with E-state index in [4.69, 9.17) is 25.8 Å². The number of methoxy groups -OCH3 is 2. The standard InChI is InChI=1S/C26H27ClN2O5/c1-15(2)14-34-21-10-9-16(11-22(21)32-3)25-24-18(17-7-5-6-8-19(17)28-24)12-20(26(31)33-4)29(25)23(30)13-27/h5-11,20,25,28H,1,12-14H2,2-4H3/t20-,25-/m0/s1. The van der Waals surface area contributed by atoms with Crippen molar-refractivity contribution in [3.05, 3.63) is 71.4 Å². The summed E-state index contributed by atoms with van der Waals surface area (Å²) in [5.41, 5.74) is 4.35. The Labute approximate surface area is 203 Å². The number of amides is 1. The van der Waals surface area contributed by atoms with Crippen molar-refractivity contribution in [3.63, 3.8) is 0 Å². The number of nitrogens with zero attached hydrogens (tertiary/aromatic N) is 1. The van der Waals surface area contributed by atoms with Gasteiger partial charge in [-0.2, -0.15) is 0 Å². The van der Waals surface area contributed by atoms with Crippen molar-refractivity contribution < 1.29 is 23.8 Å². The van der Waals surface area contributed by atoms with E-state index in [9.17, 15) is 9.59 Å². The summed E-state index contributed by atoms with van der Waals surface area (Å²) in [4.78, 5) is 30.9. The van der Waals surface area contributed by atoms with Crippen LogP contribution >= 0.6 is 11.6 Å². The Balaban J connectivity index is 1.91. The number of aromatic nitrogens is 1. The average Bonchev–Trinajstić information content (AvgIpc) is 3.23. The fraction of sp³-hybridized carbons (Fsp3) is 0.308. The third-order valence-corrected chi connectivity index (χ3v) is 6.21. The van der Waals surface area contributed by atoms with Crippen LogP contribution in [0.2, 0.25) is 0 Å². The predicted octanol–water partition coefficient (Wildman–Crippen LogP) is 4.39. The van der Waals surface area contributed by atoms with E-state index in [0.29, 0.717) is 24.5 Å². The Kier molecular flexibility index (Phi) is 6.84. The lowest BCUT2D eigenvalue weighted by Crippen LogP contribution is -2.52. The zero-order valence-corrected chi connectivity index (χ0v) is 20.1. The molecule has 0 radical (unpaired) electrons. The number of carbonyl (C=O) groups excluding carboxylic acids is 2. The number of hydrogen-bond donors (Lipinski definition) is 1. The molecule has 2 aromatic carbocycles. The van der Waals surface area contributed by atoms with E-state index in [1.54, 1.807) is 13.2 Å². The maximum Gasteiger partial charge on any atom is 0.328 e. The highest BCUT2D eigenvalue weighted by Crippen LogP contribution is 2.43. The van der Waals surface area contributed by atoms with E-state index in [-0.39, 0.29) is 11.8 Å². The first kappa shape index (κ1) is 23.7. The molecule has 178 valence electrons. The summed E-state index contributed by atoms with van der Waals surface area (Å²) in [6.07, 6.45) is 0.322. The normalized spacial score (nSPS) is 17.2. The number of benzene rings is 2. The van der Waals surface area contributed by atoms with Crippen LogP contribution in [0.15, 0.2) is 54.6 Å². The number of esters is 1. The lowest BCUT2D eigenvalue weighted by Gasteiger charge is -2.40. The second-order valence-corrected chi connectivity index (χ2v) is 8.57. The molecule has 1 aromatic heterocycles. The molecule has 2 atom stereocenters. The first-order chi connectivity index (χ1) is 16.4. The smallest absolute Gasteiger partial charge is 0.328 e. The molecule has 0 aliphatic carbocycles. The van der Waals surface area contributed by atoms with Gasteiger partial charge in [0.05, 0.1) is 20.3 Å². The van der Waals surface area contributed by atoms with E-state index in [1.807, 2.05) is 43.3 Å². The molecule has 1 aliphatic rings. The van der Waals surface area contributed by atoms with Crippen molar-refractivity contribution >= 4 is 34.4 Å². The first-order valence-electron chi connectivity index (χ1n) is 10.9. The molecule has 1 aliphatic heterocycles. The van der Waals surface area contributed by atoms with Crippen LogP contribution in [0.5, 0.6) is 11.5 Å². The van der Waals surface area contributed by atoms with Gasteiger partial charge < -0.3 is 24.1 Å². The van der Waals surface area contributed by atoms with Crippen molar-refractivity contribution in [2.75, 3.05) is 26.7 Å². The Morgan fingerprint density at radius 1 is 1.18 bits per heavy atom. The number of para-hydroxylation sites is 1. The highest BCUT2D eigenvalue weighted by molar-refractivity contribution is 6.27. The molecule has 7 nitrogen and oxygen atoms in total. The second kappa shape index (κ2) is 9.81. The van der Waals surface area contributed by atoms with Gasteiger partial charge in [0.15, 0.2) is 11.5 Å². The lowest BCUT2D eigenvalue weighted by atomic mass is 9.87. The number of halogens is 1. The third kappa shape index (κ3) is 4.23. The molecule has 0 spiro atoms. The van der Waals surface area contributed by atoms with Gasteiger partial charge in [-0.05, 0) is 41.8 Å². The van der Waals surface area contributed by atoms with Gasteiger partial charge in [-0.1, -0.05) is 30.8 Å². The summed E-state index contributed by atoms with van der Waals surface area (Å²) in [6.45, 7) is 6.10. The van der Waals surface area contributed by atoms with Crippen LogP contribution in [0.25, 0.3) is 10.9 Å². The van der Waals surface area contributed by atoms with Crippen molar-refractivity contribution in [2.45, 2.75) is 25.4 Å². The fourth-order valence-electron chi connectivity index (χ4n) is 4.51. The summed E-state index contributed by atoms with van der Waals surface area (Å²) in [5.74, 6) is -0.0616. The van der Waals surface area contributed by atoms with Gasteiger partial charge in [0.1, 0.15) is 18.5 Å². The third-order valence-electron chi connectivity index (χ3n) is 5.98. The Hall–Kier alpha value is -3.45. The molecule has 34 heavy (non-hydrogen) atoms. The number of hydrogen-bond acceptors (Lipinski definition) is 5. The molecule has 0 saturated heterocycles. The zero-order chi connectivity index (χ0) is 24.4. The lowest BCUT2D eigenvalue weighted by molar-refractivity contribution is -0.154. The fourth-order valence-corrected chi connectivity index (χ4v) is 4.64. The highest BCUT2D eigenvalue weighted by Gasteiger charge is 2.44. The molecule has 0 fully saturated rings. The zero-order valence-electron chi connectivity index (χ0n) is 19.4. The van der Waals surface area contributed by atoms with Crippen molar-refractivity contribution in [1.82, 2.24) is 9.88 Å². The van der Waals surface area contributed by atoms with Gasteiger partial charge in [-0.3, -0.25) is 4.79 Å². The molecular formula is C26H27ClN2O5. The number of fused-ring (bicyclic) bond motifs is 3. The summed E-state index contributed by atoms with van der Waals surface area (Å²) < 4.78 is 16.5. The summed E-state index contributed by atoms with van der Waals surface area (Å²) >= 11 is 6.01. The van der Waals surface area contributed by atoms with E-state index in [0.717, 1.165) is 33.3 Å². The quantitative estimate of drug-likeness (QED) is 0.307. The molecule has 1 N–H and O–H groups in total. The van der Waals surface area contributed by atoms with Crippen LogP contribution in [0.4, 0.5) is 0 Å². The van der Waals surface area contributed by atoms with Crippen LogP contribution in [-0.4, -0.2) is 54.5 Å². The molecule has 0 bridgehead atoms. The number of carbonyl (C=O) groups is 2. The van der Waals surface area contributed by atoms with Gasteiger partial charge in [-0.25, -0.2) is 4.79 Å². The van der Waals surface area contributed by atoms with Gasteiger partial charge in [0, 0.05) is 23.0 Å². The molecule has 3 aromatic rings. The van der Waals surface area contributed by atoms with Gasteiger partial charge >= 0.3 is 5.97 Å². The molecule has 0 saturated carbocycles. The highest BCUT2D eigenvalue weighted by atomic mass is 35.5.